The van der Waals surface area contributed by atoms with Crippen LogP contribution in [0.15, 0.2) is 15.9 Å². The van der Waals surface area contributed by atoms with E-state index in [2.05, 4.69) is 9.12 Å². The van der Waals surface area contributed by atoms with Crippen LogP contribution < -0.4 is 4.72 Å². The molecule has 0 aliphatic carbocycles. The lowest BCUT2D eigenvalue weighted by atomic mass is 10.2. The van der Waals surface area contributed by atoms with Crippen LogP contribution in [0.2, 0.25) is 0 Å². The average Bonchev–Trinajstić information content (AvgIpc) is 2.05. The molecule has 0 radical (unpaired) electrons. The Morgan fingerprint density at radius 2 is 2.70 bits per heavy atom. The SMILES string of the molecule is C1=NSNC2=C1OCCC2. The smallest absolute Gasteiger partial charge is 0.158 e. The first kappa shape index (κ1) is 6.09. The minimum Gasteiger partial charge on any atom is -0.490 e. The molecule has 0 amide bonds. The van der Waals surface area contributed by atoms with Gasteiger partial charge in [-0.3, -0.25) is 0 Å². The molecule has 2 aliphatic heterocycles. The lowest BCUT2D eigenvalue weighted by Gasteiger charge is -2.20. The highest BCUT2D eigenvalue weighted by Gasteiger charge is 2.14. The fourth-order valence-corrected chi connectivity index (χ4v) is 1.53. The van der Waals surface area contributed by atoms with Crippen molar-refractivity contribution in [2.24, 2.45) is 4.40 Å². The Hall–Kier alpha value is -0.640. The molecule has 0 saturated heterocycles. The maximum Gasteiger partial charge on any atom is 0.158 e. The van der Waals surface area contributed by atoms with Crippen molar-refractivity contribution >= 4 is 18.3 Å². The van der Waals surface area contributed by atoms with Gasteiger partial charge in [-0.15, -0.1) is 0 Å². The predicted octanol–water partition coefficient (Wildman–Crippen LogP) is 1.25. The van der Waals surface area contributed by atoms with Gasteiger partial charge < -0.3 is 9.46 Å². The lowest BCUT2D eigenvalue weighted by molar-refractivity contribution is 0.206. The molecule has 2 aliphatic rings. The highest BCUT2D eigenvalue weighted by molar-refractivity contribution is 7.96. The maximum absolute atomic E-state index is 5.34. The first-order valence-corrected chi connectivity index (χ1v) is 4.05. The van der Waals surface area contributed by atoms with E-state index < -0.39 is 0 Å². The number of nitrogens with one attached hydrogen (secondary N) is 1. The van der Waals surface area contributed by atoms with Gasteiger partial charge in [0.15, 0.2) is 5.76 Å². The maximum atomic E-state index is 5.34. The second-order valence-corrected chi connectivity index (χ2v) is 2.82. The summed E-state index contributed by atoms with van der Waals surface area (Å²) in [5.41, 5.74) is 1.19. The predicted molar refractivity (Wildman–Crippen MR) is 41.4 cm³/mol. The van der Waals surface area contributed by atoms with Gasteiger partial charge in [-0.05, 0) is 12.8 Å². The van der Waals surface area contributed by atoms with Gasteiger partial charge in [-0.1, -0.05) is 0 Å². The van der Waals surface area contributed by atoms with Gasteiger partial charge in [0.1, 0.15) is 0 Å². The Kier molecular flexibility index (Phi) is 1.55. The van der Waals surface area contributed by atoms with E-state index in [0.717, 1.165) is 25.2 Å². The standard InChI is InChI=1S/C6H8N2OS/c1-2-5-6(9-3-1)4-7-10-8-5/h4,8H,1-3H2. The molecule has 0 fully saturated rings. The number of hydrogen-bond acceptors (Lipinski definition) is 4. The summed E-state index contributed by atoms with van der Waals surface area (Å²) in [5.74, 6) is 0.921. The van der Waals surface area contributed by atoms with Crippen molar-refractivity contribution < 1.29 is 4.74 Å². The largest absolute Gasteiger partial charge is 0.490 e. The highest BCUT2D eigenvalue weighted by atomic mass is 32.2. The number of nitrogens with zero attached hydrogens (tertiary/aromatic N) is 1. The molecule has 0 unspecified atom stereocenters. The van der Waals surface area contributed by atoms with Crippen LogP contribution in [0.1, 0.15) is 12.8 Å². The Balaban J connectivity index is 2.23. The Morgan fingerprint density at radius 1 is 1.70 bits per heavy atom. The van der Waals surface area contributed by atoms with Crippen LogP contribution in [0, 0.1) is 0 Å². The van der Waals surface area contributed by atoms with Crippen LogP contribution >= 0.6 is 12.1 Å². The second kappa shape index (κ2) is 2.54. The second-order valence-electron chi connectivity index (χ2n) is 2.22. The Labute approximate surface area is 63.8 Å². The summed E-state index contributed by atoms with van der Waals surface area (Å²) < 4.78 is 12.4. The van der Waals surface area contributed by atoms with Gasteiger partial charge in [-0.2, -0.15) is 4.40 Å². The van der Waals surface area contributed by atoms with E-state index in [9.17, 15) is 0 Å². The molecular weight excluding hydrogens is 148 g/mol. The zero-order chi connectivity index (χ0) is 6.81. The van der Waals surface area contributed by atoms with E-state index in [1.165, 1.54) is 17.8 Å². The van der Waals surface area contributed by atoms with Crippen molar-refractivity contribution in [2.45, 2.75) is 12.8 Å². The van der Waals surface area contributed by atoms with Gasteiger partial charge in [0.25, 0.3) is 0 Å². The molecule has 0 aromatic heterocycles. The molecule has 3 nitrogen and oxygen atoms in total. The van der Waals surface area contributed by atoms with Crippen molar-refractivity contribution in [3.8, 4) is 0 Å². The fourth-order valence-electron chi connectivity index (χ4n) is 1.01. The van der Waals surface area contributed by atoms with E-state index >= 15 is 0 Å². The molecule has 4 heteroatoms. The van der Waals surface area contributed by atoms with E-state index in [0.29, 0.717) is 0 Å². The molecule has 0 aromatic carbocycles. The van der Waals surface area contributed by atoms with Crippen LogP contribution in [-0.2, 0) is 4.74 Å². The molecule has 0 saturated carbocycles. The average molecular weight is 156 g/mol. The lowest BCUT2D eigenvalue weighted by Crippen LogP contribution is -2.17. The quantitative estimate of drug-likeness (QED) is 0.536. The van der Waals surface area contributed by atoms with Gasteiger partial charge in [-0.25, -0.2) is 0 Å². The number of allylic oxidation sites excluding steroid dienone is 2. The Bertz CT molecular complexity index is 200. The van der Waals surface area contributed by atoms with Gasteiger partial charge in [0.2, 0.25) is 0 Å². The summed E-state index contributed by atoms with van der Waals surface area (Å²) in [7, 11) is 0. The van der Waals surface area contributed by atoms with E-state index in [4.69, 9.17) is 4.74 Å². The first-order valence-electron chi connectivity index (χ1n) is 3.28. The number of rotatable bonds is 0. The zero-order valence-corrected chi connectivity index (χ0v) is 6.28. The van der Waals surface area contributed by atoms with Crippen molar-refractivity contribution in [1.82, 2.24) is 4.72 Å². The molecule has 0 aromatic rings. The molecule has 0 atom stereocenters. The molecule has 2 heterocycles. The fraction of sp³-hybridized carbons (Fsp3) is 0.500. The van der Waals surface area contributed by atoms with Crippen LogP contribution in [-0.4, -0.2) is 12.8 Å². The summed E-state index contributed by atoms with van der Waals surface area (Å²) in [6.07, 6.45) is 3.98. The van der Waals surface area contributed by atoms with E-state index in [-0.39, 0.29) is 0 Å². The minimum atomic E-state index is 0.831. The molecule has 10 heavy (non-hydrogen) atoms. The molecule has 0 spiro atoms. The zero-order valence-electron chi connectivity index (χ0n) is 5.46. The van der Waals surface area contributed by atoms with Crippen LogP contribution in [0.5, 0.6) is 0 Å². The first-order chi connectivity index (χ1) is 4.97. The summed E-state index contributed by atoms with van der Waals surface area (Å²) in [6, 6.07) is 0. The summed E-state index contributed by atoms with van der Waals surface area (Å²) in [6.45, 7) is 0.831. The highest BCUT2D eigenvalue weighted by Crippen LogP contribution is 2.21. The summed E-state index contributed by atoms with van der Waals surface area (Å²) in [5, 5.41) is 0. The molecule has 0 bridgehead atoms. The van der Waals surface area contributed by atoms with Crippen molar-refractivity contribution in [1.29, 1.82) is 0 Å². The third-order valence-corrected chi connectivity index (χ3v) is 2.07. The van der Waals surface area contributed by atoms with Gasteiger partial charge in [0, 0.05) is 0 Å². The van der Waals surface area contributed by atoms with Crippen molar-refractivity contribution in [3.63, 3.8) is 0 Å². The van der Waals surface area contributed by atoms with Gasteiger partial charge >= 0.3 is 0 Å². The summed E-state index contributed by atoms with van der Waals surface area (Å²) in [4.78, 5) is 0. The minimum absolute atomic E-state index is 0.831. The Morgan fingerprint density at radius 3 is 3.60 bits per heavy atom. The third kappa shape index (κ3) is 0.988. The normalized spacial score (nSPS) is 23.2. The van der Waals surface area contributed by atoms with Crippen molar-refractivity contribution in [3.05, 3.63) is 11.5 Å². The van der Waals surface area contributed by atoms with Crippen LogP contribution in [0.4, 0.5) is 0 Å². The number of ether oxygens (including phenoxy) is 1. The molecule has 2 rings (SSSR count). The van der Waals surface area contributed by atoms with E-state index in [1.807, 2.05) is 0 Å². The topological polar surface area (TPSA) is 33.6 Å². The molecule has 1 N–H and O–H groups in total. The monoisotopic (exact) mass is 156 g/mol. The van der Waals surface area contributed by atoms with Gasteiger partial charge in [0.05, 0.1) is 30.7 Å². The van der Waals surface area contributed by atoms with E-state index in [1.54, 1.807) is 6.21 Å². The summed E-state index contributed by atoms with van der Waals surface area (Å²) >= 11 is 1.36. The third-order valence-electron chi connectivity index (χ3n) is 1.52. The molecular formula is C6H8N2OS. The van der Waals surface area contributed by atoms with Crippen molar-refractivity contribution in [2.75, 3.05) is 6.61 Å². The molecule has 54 valence electrons. The number of hydrogen-bond donors (Lipinski definition) is 1. The van der Waals surface area contributed by atoms with Crippen LogP contribution in [0.25, 0.3) is 0 Å². The van der Waals surface area contributed by atoms with Crippen LogP contribution in [0.3, 0.4) is 0 Å².